The van der Waals surface area contributed by atoms with Crippen LogP contribution in [0.15, 0.2) is 76.8 Å². The molecule has 0 radical (unpaired) electrons. The molecule has 1 N–H and O–H groups in total. The zero-order valence-corrected chi connectivity index (χ0v) is 21.1. The summed E-state index contributed by atoms with van der Waals surface area (Å²) >= 11 is 9.21. The highest BCUT2D eigenvalue weighted by atomic mass is 79.9. The molecule has 1 heterocycles. The van der Waals surface area contributed by atoms with Gasteiger partial charge in [0.25, 0.3) is 11.8 Å². The minimum Gasteiger partial charge on any atom is -0.490 e. The number of hydrogen-bond donors (Lipinski definition) is 1. The molecule has 10 heteroatoms. The molecule has 1 fully saturated rings. The Labute approximate surface area is 219 Å². The van der Waals surface area contributed by atoms with Crippen molar-refractivity contribution in [2.24, 2.45) is 0 Å². The van der Waals surface area contributed by atoms with Gasteiger partial charge in [-0.15, -0.1) is 0 Å². The number of nitrogens with zero attached hydrogens (tertiary/aromatic N) is 1. The summed E-state index contributed by atoms with van der Waals surface area (Å²) in [4.78, 5) is 51.3. The third-order valence-corrected chi connectivity index (χ3v) is 5.83. The Balaban J connectivity index is 1.63. The standard InChI is InChI=1S/C26H18BrClN2O6/c1-2-35-22-14-15(3-12-21(22)36-25(33)16-4-6-17(27)7-5-16)13-20-23(31)29-26(34)30(24(20)32)19-10-8-18(28)9-11-19/h3-14H,2H2,1H3,(H,29,31,34)/b20-13+. The van der Waals surface area contributed by atoms with Crippen LogP contribution in [0, 0.1) is 0 Å². The van der Waals surface area contributed by atoms with Gasteiger partial charge in [0.1, 0.15) is 5.57 Å². The van der Waals surface area contributed by atoms with E-state index in [1.54, 1.807) is 37.3 Å². The number of amides is 4. The number of imide groups is 2. The molecule has 1 aliphatic heterocycles. The first-order valence-electron chi connectivity index (χ1n) is 10.7. The van der Waals surface area contributed by atoms with Gasteiger partial charge in [0.05, 0.1) is 17.9 Å². The Morgan fingerprint density at radius 1 is 1.00 bits per heavy atom. The van der Waals surface area contributed by atoms with E-state index in [1.165, 1.54) is 42.5 Å². The van der Waals surface area contributed by atoms with Crippen molar-refractivity contribution in [1.82, 2.24) is 5.32 Å². The highest BCUT2D eigenvalue weighted by Gasteiger charge is 2.36. The Kier molecular flexibility index (Phi) is 7.52. The van der Waals surface area contributed by atoms with Crippen LogP contribution in [0.3, 0.4) is 0 Å². The van der Waals surface area contributed by atoms with E-state index in [1.807, 2.05) is 0 Å². The first-order valence-corrected chi connectivity index (χ1v) is 11.9. The molecule has 182 valence electrons. The minimum absolute atomic E-state index is 0.171. The average Bonchev–Trinajstić information content (AvgIpc) is 2.85. The summed E-state index contributed by atoms with van der Waals surface area (Å²) < 4.78 is 11.9. The van der Waals surface area contributed by atoms with Gasteiger partial charge in [-0.3, -0.25) is 14.9 Å². The fourth-order valence-electron chi connectivity index (χ4n) is 3.36. The first kappa shape index (κ1) is 25.2. The summed E-state index contributed by atoms with van der Waals surface area (Å²) in [5, 5.41) is 2.59. The van der Waals surface area contributed by atoms with Crippen molar-refractivity contribution in [3.63, 3.8) is 0 Å². The highest BCUT2D eigenvalue weighted by molar-refractivity contribution is 9.10. The molecule has 0 spiro atoms. The van der Waals surface area contributed by atoms with Crippen molar-refractivity contribution in [1.29, 1.82) is 0 Å². The van der Waals surface area contributed by atoms with Crippen molar-refractivity contribution >= 4 is 63.1 Å². The van der Waals surface area contributed by atoms with Gasteiger partial charge in [0.2, 0.25) is 0 Å². The Morgan fingerprint density at radius 3 is 2.36 bits per heavy atom. The SMILES string of the molecule is CCOc1cc(/C=C2\C(=O)NC(=O)N(c3ccc(Cl)cc3)C2=O)ccc1OC(=O)c1ccc(Br)cc1. The number of carbonyl (C=O) groups excluding carboxylic acids is 4. The predicted octanol–water partition coefficient (Wildman–Crippen LogP) is 5.39. The normalized spacial score (nSPS) is 14.6. The van der Waals surface area contributed by atoms with Crippen molar-refractivity contribution in [2.45, 2.75) is 6.92 Å². The molecule has 1 aliphatic rings. The second-order valence-corrected chi connectivity index (χ2v) is 8.82. The lowest BCUT2D eigenvalue weighted by atomic mass is 10.1. The number of benzene rings is 3. The van der Waals surface area contributed by atoms with Crippen LogP contribution >= 0.6 is 27.5 Å². The minimum atomic E-state index is -0.866. The quantitative estimate of drug-likeness (QED) is 0.185. The number of esters is 1. The molecule has 0 aliphatic carbocycles. The lowest BCUT2D eigenvalue weighted by Crippen LogP contribution is -2.54. The number of urea groups is 1. The molecule has 3 aromatic rings. The van der Waals surface area contributed by atoms with Crippen molar-refractivity contribution in [2.75, 3.05) is 11.5 Å². The van der Waals surface area contributed by atoms with E-state index >= 15 is 0 Å². The van der Waals surface area contributed by atoms with Crippen LogP contribution in [0.1, 0.15) is 22.8 Å². The van der Waals surface area contributed by atoms with Gasteiger partial charge in [-0.2, -0.15) is 0 Å². The van der Waals surface area contributed by atoms with Gasteiger partial charge in [-0.25, -0.2) is 14.5 Å². The van der Waals surface area contributed by atoms with Gasteiger partial charge in [0, 0.05) is 9.50 Å². The van der Waals surface area contributed by atoms with Gasteiger partial charge in [-0.1, -0.05) is 33.6 Å². The Morgan fingerprint density at radius 2 is 1.69 bits per heavy atom. The van der Waals surface area contributed by atoms with Crippen LogP contribution in [0.2, 0.25) is 5.02 Å². The number of rotatable bonds is 6. The second-order valence-electron chi connectivity index (χ2n) is 7.47. The Hall–Kier alpha value is -3.95. The molecule has 36 heavy (non-hydrogen) atoms. The summed E-state index contributed by atoms with van der Waals surface area (Å²) in [7, 11) is 0. The van der Waals surface area contributed by atoms with Crippen LogP contribution in [0.4, 0.5) is 10.5 Å². The van der Waals surface area contributed by atoms with Gasteiger partial charge >= 0.3 is 12.0 Å². The molecule has 0 unspecified atom stereocenters. The first-order chi connectivity index (χ1) is 17.3. The summed E-state index contributed by atoms with van der Waals surface area (Å²) in [6, 6.07) is 16.5. The fraction of sp³-hybridized carbons (Fsp3) is 0.0769. The molecule has 0 saturated carbocycles. The molecule has 4 amide bonds. The number of carbonyl (C=O) groups is 4. The average molecular weight is 570 g/mol. The monoisotopic (exact) mass is 568 g/mol. The summed E-state index contributed by atoms with van der Waals surface area (Å²) in [6.45, 7) is 2.04. The third kappa shape index (κ3) is 5.48. The number of halogens is 2. The van der Waals surface area contributed by atoms with Crippen molar-refractivity contribution in [3.8, 4) is 11.5 Å². The second kappa shape index (κ2) is 10.8. The summed E-state index contributed by atoms with van der Waals surface area (Å²) in [5.74, 6) is -1.79. The number of hydrogen-bond acceptors (Lipinski definition) is 6. The smallest absolute Gasteiger partial charge is 0.343 e. The van der Waals surface area contributed by atoms with Gasteiger partial charge < -0.3 is 9.47 Å². The molecule has 0 atom stereocenters. The van der Waals surface area contributed by atoms with Crippen LogP contribution in [0.5, 0.6) is 11.5 Å². The molecule has 1 saturated heterocycles. The van der Waals surface area contributed by atoms with Crippen LogP contribution in [-0.4, -0.2) is 30.4 Å². The molecule has 0 aromatic heterocycles. The zero-order valence-electron chi connectivity index (χ0n) is 18.8. The van der Waals surface area contributed by atoms with E-state index in [9.17, 15) is 19.2 Å². The van der Waals surface area contributed by atoms with Gasteiger partial charge in [-0.05, 0) is 79.2 Å². The van der Waals surface area contributed by atoms with E-state index in [0.29, 0.717) is 16.1 Å². The zero-order chi connectivity index (χ0) is 25.8. The lowest BCUT2D eigenvalue weighted by molar-refractivity contribution is -0.122. The van der Waals surface area contributed by atoms with Crippen molar-refractivity contribution in [3.05, 3.63) is 92.9 Å². The predicted molar refractivity (Wildman–Crippen MR) is 137 cm³/mol. The van der Waals surface area contributed by atoms with E-state index in [-0.39, 0.29) is 29.4 Å². The molecule has 0 bridgehead atoms. The summed E-state index contributed by atoms with van der Waals surface area (Å²) in [5.41, 5.74) is 0.770. The van der Waals surface area contributed by atoms with E-state index < -0.39 is 23.8 Å². The fourth-order valence-corrected chi connectivity index (χ4v) is 3.75. The molecular weight excluding hydrogens is 552 g/mol. The largest absolute Gasteiger partial charge is 0.490 e. The Bertz CT molecular complexity index is 1390. The maximum absolute atomic E-state index is 13.1. The summed E-state index contributed by atoms with van der Waals surface area (Å²) in [6.07, 6.45) is 1.33. The maximum Gasteiger partial charge on any atom is 0.343 e. The molecular formula is C26H18BrClN2O6. The molecule has 8 nitrogen and oxygen atoms in total. The highest BCUT2D eigenvalue weighted by Crippen LogP contribution is 2.31. The van der Waals surface area contributed by atoms with Gasteiger partial charge in [0.15, 0.2) is 11.5 Å². The third-order valence-electron chi connectivity index (χ3n) is 5.05. The van der Waals surface area contributed by atoms with E-state index in [0.717, 1.165) is 9.37 Å². The number of ether oxygens (including phenoxy) is 2. The van der Waals surface area contributed by atoms with E-state index in [2.05, 4.69) is 21.2 Å². The molecule has 4 rings (SSSR count). The van der Waals surface area contributed by atoms with E-state index in [4.69, 9.17) is 21.1 Å². The van der Waals surface area contributed by atoms with Crippen LogP contribution < -0.4 is 19.7 Å². The number of nitrogens with one attached hydrogen (secondary N) is 1. The van der Waals surface area contributed by atoms with Crippen LogP contribution in [-0.2, 0) is 9.59 Å². The molecule has 3 aromatic carbocycles. The topological polar surface area (TPSA) is 102 Å². The van der Waals surface area contributed by atoms with Crippen molar-refractivity contribution < 1.29 is 28.7 Å². The van der Waals surface area contributed by atoms with Crippen LogP contribution in [0.25, 0.3) is 6.08 Å². The lowest BCUT2D eigenvalue weighted by Gasteiger charge is -2.26. The maximum atomic E-state index is 13.1. The number of anilines is 1. The number of barbiturate groups is 1.